The zero-order chi connectivity index (χ0) is 6.62. The van der Waals surface area contributed by atoms with Crippen LogP contribution in [0.15, 0.2) is 0 Å². The van der Waals surface area contributed by atoms with Crippen molar-refractivity contribution in [2.45, 2.75) is 19.6 Å². The molecule has 0 aromatic heterocycles. The average Bonchev–Trinajstić information content (AvgIpc) is 1.59. The van der Waals surface area contributed by atoms with Gasteiger partial charge in [0.25, 0.3) is 0 Å². The third-order valence-corrected chi connectivity index (χ3v) is 1.38. The molecule has 0 saturated heterocycles. The molecule has 0 nitrogen and oxygen atoms in total. The van der Waals surface area contributed by atoms with Crippen LogP contribution in [0.1, 0.15) is 0 Å². The average molecular weight is 222 g/mol. The van der Waals surface area contributed by atoms with E-state index in [2.05, 4.69) is 31.1 Å². The van der Waals surface area contributed by atoms with Crippen molar-refractivity contribution in [2.75, 3.05) is 0 Å². The Morgan fingerprint density at radius 2 is 1.60 bits per heavy atom. The van der Waals surface area contributed by atoms with E-state index in [1.54, 1.807) is 0 Å². The molecule has 0 aliphatic carbocycles. The molecular weight excluding hydrogens is 213 g/mol. The van der Waals surface area contributed by atoms with Crippen LogP contribution in [-0.4, -0.2) is 8.07 Å². The molecule has 3 heteroatoms. The summed E-state index contributed by atoms with van der Waals surface area (Å²) in [5.74, 6) is 4.56. The SMILES string of the molecule is [C]#CC#C[Si](C)(C)C.[Cl-].[Zn]. The summed E-state index contributed by atoms with van der Waals surface area (Å²) in [6.07, 6.45) is 6.48. The van der Waals surface area contributed by atoms with Crippen LogP contribution in [0.3, 0.4) is 0 Å². The largest absolute Gasteiger partial charge is 1.00 e. The molecule has 51 valence electrons. The monoisotopic (exact) mass is 220 g/mol. The van der Waals surface area contributed by atoms with Gasteiger partial charge in [0.2, 0.25) is 0 Å². The Morgan fingerprint density at radius 1 is 1.20 bits per heavy atom. The molecule has 0 N–H and O–H groups in total. The number of rotatable bonds is 0. The summed E-state index contributed by atoms with van der Waals surface area (Å²) in [4.78, 5) is 0. The first-order chi connectivity index (χ1) is 3.56. The fourth-order valence-corrected chi connectivity index (χ4v) is 0.656. The van der Waals surface area contributed by atoms with Crippen molar-refractivity contribution >= 4 is 8.07 Å². The van der Waals surface area contributed by atoms with Crippen molar-refractivity contribution < 1.29 is 31.9 Å². The standard InChI is InChI=1S/C7H9Si.ClH.Zn/c1-5-6-7-8(2,3)4;;/h2-4H3;1H;/p-1. The Bertz CT molecular complexity index is 165. The van der Waals surface area contributed by atoms with Crippen molar-refractivity contribution in [3.05, 3.63) is 6.42 Å². The smallest absolute Gasteiger partial charge is 0.130 e. The molecule has 0 unspecified atom stereocenters. The number of hydrogen-bond acceptors (Lipinski definition) is 0. The van der Waals surface area contributed by atoms with Gasteiger partial charge in [-0.25, -0.2) is 0 Å². The van der Waals surface area contributed by atoms with E-state index in [1.165, 1.54) is 0 Å². The van der Waals surface area contributed by atoms with E-state index < -0.39 is 8.07 Å². The summed E-state index contributed by atoms with van der Waals surface area (Å²) >= 11 is 0. The van der Waals surface area contributed by atoms with Crippen molar-refractivity contribution in [3.8, 4) is 17.4 Å². The minimum Gasteiger partial charge on any atom is -1.00 e. The first kappa shape index (κ1) is 16.7. The Balaban J connectivity index is -0.000000245. The molecule has 0 saturated carbocycles. The van der Waals surface area contributed by atoms with Crippen LogP contribution in [-0.2, 0) is 19.5 Å². The Labute approximate surface area is 83.3 Å². The van der Waals surface area contributed by atoms with Gasteiger partial charge in [0.15, 0.2) is 0 Å². The van der Waals surface area contributed by atoms with E-state index in [0.717, 1.165) is 0 Å². The van der Waals surface area contributed by atoms with E-state index in [1.807, 2.05) is 5.92 Å². The van der Waals surface area contributed by atoms with Gasteiger partial charge < -0.3 is 12.4 Å². The summed E-state index contributed by atoms with van der Waals surface area (Å²) in [5, 5.41) is 0. The molecule has 0 rings (SSSR count). The normalized spacial score (nSPS) is 7.00. The molecule has 0 fully saturated rings. The molecule has 0 spiro atoms. The van der Waals surface area contributed by atoms with Gasteiger partial charge >= 0.3 is 0 Å². The second-order valence-corrected chi connectivity index (χ2v) is 7.38. The predicted molar refractivity (Wildman–Crippen MR) is 38.3 cm³/mol. The molecule has 10 heavy (non-hydrogen) atoms. The van der Waals surface area contributed by atoms with Crippen LogP contribution in [0.5, 0.6) is 0 Å². The maximum absolute atomic E-state index is 6.48. The number of halogens is 1. The van der Waals surface area contributed by atoms with Gasteiger partial charge in [0.05, 0.1) is 0 Å². The molecule has 0 amide bonds. The van der Waals surface area contributed by atoms with Gasteiger partial charge in [0, 0.05) is 19.5 Å². The first-order valence-corrected chi connectivity index (χ1v) is 6.00. The van der Waals surface area contributed by atoms with Crippen molar-refractivity contribution in [3.63, 3.8) is 0 Å². The van der Waals surface area contributed by atoms with Crippen LogP contribution in [0.4, 0.5) is 0 Å². The molecule has 0 aromatic rings. The van der Waals surface area contributed by atoms with Crippen LogP contribution in [0.2, 0.25) is 19.6 Å². The molecule has 0 bridgehead atoms. The molecule has 0 atom stereocenters. The summed E-state index contributed by atoms with van der Waals surface area (Å²) in [6, 6.07) is 0. The fraction of sp³-hybridized carbons (Fsp3) is 0.429. The van der Waals surface area contributed by atoms with Crippen LogP contribution >= 0.6 is 0 Å². The Morgan fingerprint density at radius 3 is 1.70 bits per heavy atom. The zero-order valence-electron chi connectivity index (χ0n) is 6.59. The summed E-state index contributed by atoms with van der Waals surface area (Å²) in [5.41, 5.74) is 2.96. The molecule has 0 heterocycles. The van der Waals surface area contributed by atoms with E-state index in [-0.39, 0.29) is 31.9 Å². The van der Waals surface area contributed by atoms with Crippen molar-refractivity contribution in [2.24, 2.45) is 0 Å². The predicted octanol–water partition coefficient (Wildman–Crippen LogP) is -1.54. The van der Waals surface area contributed by atoms with Gasteiger partial charge in [0.1, 0.15) is 8.07 Å². The van der Waals surface area contributed by atoms with E-state index >= 15 is 0 Å². The van der Waals surface area contributed by atoms with Gasteiger partial charge in [-0.3, -0.25) is 0 Å². The van der Waals surface area contributed by atoms with Gasteiger partial charge in [-0.15, -0.1) is 5.54 Å². The van der Waals surface area contributed by atoms with E-state index in [9.17, 15) is 0 Å². The van der Waals surface area contributed by atoms with E-state index in [4.69, 9.17) is 6.42 Å². The van der Waals surface area contributed by atoms with Gasteiger partial charge in [-0.2, -0.15) is 0 Å². The van der Waals surface area contributed by atoms with Crippen LogP contribution < -0.4 is 12.4 Å². The maximum atomic E-state index is 6.48. The summed E-state index contributed by atoms with van der Waals surface area (Å²) in [6.45, 7) is 6.41. The van der Waals surface area contributed by atoms with Crippen molar-refractivity contribution in [1.29, 1.82) is 0 Å². The molecule has 0 aliphatic rings. The quantitative estimate of drug-likeness (QED) is 0.344. The third kappa shape index (κ3) is 15.7. The third-order valence-electron chi connectivity index (χ3n) is 0.500. The maximum Gasteiger partial charge on any atom is 0.130 e. The molecular formula is C7H9ClSiZn-. The Hall–Kier alpha value is 0.250. The minimum absolute atomic E-state index is 0. The minimum atomic E-state index is -1.22. The molecule has 0 aromatic carbocycles. The van der Waals surface area contributed by atoms with E-state index in [0.29, 0.717) is 0 Å². The van der Waals surface area contributed by atoms with Gasteiger partial charge in [-0.1, -0.05) is 19.6 Å². The van der Waals surface area contributed by atoms with Crippen LogP contribution in [0, 0.1) is 23.8 Å². The molecule has 1 radical (unpaired) electrons. The summed E-state index contributed by atoms with van der Waals surface area (Å²) < 4.78 is 0. The second kappa shape index (κ2) is 7.36. The topological polar surface area (TPSA) is 0 Å². The van der Waals surface area contributed by atoms with Crippen molar-refractivity contribution in [1.82, 2.24) is 0 Å². The Kier molecular flexibility index (Phi) is 12.3. The zero-order valence-corrected chi connectivity index (χ0v) is 11.3. The second-order valence-electron chi connectivity index (χ2n) is 2.62. The van der Waals surface area contributed by atoms with Gasteiger partial charge in [-0.05, 0) is 18.3 Å². The number of hydrogen-bond donors (Lipinski definition) is 0. The first-order valence-electron chi connectivity index (χ1n) is 2.50. The molecule has 0 aliphatic heterocycles. The van der Waals surface area contributed by atoms with Crippen LogP contribution in [0.25, 0.3) is 0 Å². The summed E-state index contributed by atoms with van der Waals surface area (Å²) in [7, 11) is -1.22. The fourth-order valence-electron chi connectivity index (χ4n) is 0.219.